The van der Waals surface area contributed by atoms with Gasteiger partial charge in [0.15, 0.2) is 0 Å². The van der Waals surface area contributed by atoms with Crippen LogP contribution in [-0.2, 0) is 10.0 Å². The third-order valence-electron chi connectivity index (χ3n) is 4.20. The van der Waals surface area contributed by atoms with Crippen molar-refractivity contribution in [1.82, 2.24) is 9.21 Å². The molecule has 0 aromatic heterocycles. The summed E-state index contributed by atoms with van der Waals surface area (Å²) in [4.78, 5) is 13.9. The number of hydrogen-bond donors (Lipinski definition) is 0. The Bertz CT molecular complexity index is 996. The molecule has 144 valence electrons. The molecular weight excluding hydrogens is 482 g/mol. The van der Waals surface area contributed by atoms with Crippen LogP contribution in [0.25, 0.3) is 0 Å². The van der Waals surface area contributed by atoms with Gasteiger partial charge in [0, 0.05) is 35.7 Å². The summed E-state index contributed by atoms with van der Waals surface area (Å²) in [6.07, 6.45) is 0. The highest BCUT2D eigenvalue weighted by atomic mass is 79.9. The summed E-state index contributed by atoms with van der Waals surface area (Å²) in [5, 5.41) is 0.339. The van der Waals surface area contributed by atoms with E-state index in [0.29, 0.717) is 4.47 Å². The summed E-state index contributed by atoms with van der Waals surface area (Å²) in [7, 11) is -3.85. The number of carbonyl (C=O) groups excluding carboxylic acids is 1. The summed E-state index contributed by atoms with van der Waals surface area (Å²) >= 11 is 15.1. The number of amides is 1. The Morgan fingerprint density at radius 1 is 1.04 bits per heavy atom. The first-order valence-corrected chi connectivity index (χ1v) is 10.9. The third-order valence-corrected chi connectivity index (χ3v) is 7.30. The van der Waals surface area contributed by atoms with Gasteiger partial charge in [0.1, 0.15) is 10.7 Å². The molecule has 0 N–H and O–H groups in total. The van der Waals surface area contributed by atoms with E-state index in [1.807, 2.05) is 0 Å². The van der Waals surface area contributed by atoms with Crippen LogP contribution in [0.15, 0.2) is 45.8 Å². The predicted octanol–water partition coefficient (Wildman–Crippen LogP) is 4.04. The molecule has 5 nitrogen and oxygen atoms in total. The Kier molecular flexibility index (Phi) is 6.12. The minimum Gasteiger partial charge on any atom is -0.336 e. The van der Waals surface area contributed by atoms with Gasteiger partial charge in [0.2, 0.25) is 10.0 Å². The van der Waals surface area contributed by atoms with Gasteiger partial charge in [0.05, 0.1) is 10.6 Å². The number of piperazine rings is 1. The van der Waals surface area contributed by atoms with E-state index in [9.17, 15) is 17.6 Å². The first-order valence-electron chi connectivity index (χ1n) is 7.89. The quantitative estimate of drug-likeness (QED) is 0.645. The fourth-order valence-corrected chi connectivity index (χ4v) is 5.30. The molecule has 0 saturated carbocycles. The average Bonchev–Trinajstić information content (AvgIpc) is 2.65. The summed E-state index contributed by atoms with van der Waals surface area (Å²) in [6.45, 7) is 0.434. The van der Waals surface area contributed by atoms with Crippen LogP contribution in [0.1, 0.15) is 10.4 Å². The molecular formula is C17H14BrCl2FN2O3S. The minimum absolute atomic E-state index is 0.0569. The second kappa shape index (κ2) is 8.05. The molecule has 1 aliphatic rings. The third kappa shape index (κ3) is 4.30. The van der Waals surface area contributed by atoms with E-state index in [-0.39, 0.29) is 46.7 Å². The van der Waals surface area contributed by atoms with Crippen molar-refractivity contribution in [2.45, 2.75) is 4.90 Å². The smallest absolute Gasteiger partial charge is 0.256 e. The van der Waals surface area contributed by atoms with E-state index in [4.69, 9.17) is 23.2 Å². The monoisotopic (exact) mass is 494 g/mol. The highest BCUT2D eigenvalue weighted by Crippen LogP contribution is 2.28. The molecule has 2 aromatic carbocycles. The van der Waals surface area contributed by atoms with Crippen molar-refractivity contribution in [2.24, 2.45) is 0 Å². The molecule has 1 aliphatic heterocycles. The van der Waals surface area contributed by atoms with Crippen molar-refractivity contribution in [2.75, 3.05) is 26.2 Å². The minimum atomic E-state index is -3.85. The molecule has 2 aromatic rings. The Labute approximate surface area is 174 Å². The Hall–Kier alpha value is -1.19. The molecule has 0 radical (unpaired) electrons. The first-order chi connectivity index (χ1) is 12.7. The largest absolute Gasteiger partial charge is 0.336 e. The summed E-state index contributed by atoms with van der Waals surface area (Å²) in [6, 6.07) is 8.35. The second-order valence-corrected chi connectivity index (χ2v) is 9.56. The lowest BCUT2D eigenvalue weighted by Gasteiger charge is -2.34. The molecule has 1 fully saturated rings. The van der Waals surface area contributed by atoms with Gasteiger partial charge < -0.3 is 4.90 Å². The summed E-state index contributed by atoms with van der Waals surface area (Å²) in [5.74, 6) is -1.10. The van der Waals surface area contributed by atoms with E-state index >= 15 is 0 Å². The van der Waals surface area contributed by atoms with Gasteiger partial charge in [-0.2, -0.15) is 4.31 Å². The van der Waals surface area contributed by atoms with Crippen LogP contribution in [0.4, 0.5) is 4.39 Å². The first kappa shape index (κ1) is 20.5. The van der Waals surface area contributed by atoms with Gasteiger partial charge in [-0.3, -0.25) is 4.79 Å². The van der Waals surface area contributed by atoms with Gasteiger partial charge in [0.25, 0.3) is 5.91 Å². The van der Waals surface area contributed by atoms with Crippen LogP contribution in [0.3, 0.4) is 0 Å². The van der Waals surface area contributed by atoms with Crippen LogP contribution in [-0.4, -0.2) is 49.7 Å². The van der Waals surface area contributed by atoms with Crippen molar-refractivity contribution in [3.05, 3.63) is 62.3 Å². The summed E-state index contributed by atoms with van der Waals surface area (Å²) < 4.78 is 41.4. The lowest BCUT2D eigenvalue weighted by Crippen LogP contribution is -2.50. The topological polar surface area (TPSA) is 57.7 Å². The van der Waals surface area contributed by atoms with Crippen molar-refractivity contribution in [1.29, 1.82) is 0 Å². The number of sulfonamides is 1. The number of carbonyl (C=O) groups is 1. The molecule has 27 heavy (non-hydrogen) atoms. The Morgan fingerprint density at radius 2 is 1.70 bits per heavy atom. The Morgan fingerprint density at radius 3 is 2.37 bits per heavy atom. The lowest BCUT2D eigenvalue weighted by atomic mass is 10.1. The van der Waals surface area contributed by atoms with Gasteiger partial charge in [-0.1, -0.05) is 39.1 Å². The van der Waals surface area contributed by atoms with Gasteiger partial charge in [-0.25, -0.2) is 12.8 Å². The van der Waals surface area contributed by atoms with Gasteiger partial charge in [-0.05, 0) is 36.4 Å². The molecule has 0 atom stereocenters. The zero-order valence-electron chi connectivity index (χ0n) is 13.8. The molecule has 1 amide bonds. The van der Waals surface area contributed by atoms with Crippen molar-refractivity contribution in [3.63, 3.8) is 0 Å². The van der Waals surface area contributed by atoms with Crippen LogP contribution in [0.5, 0.6) is 0 Å². The number of nitrogens with zero attached hydrogens (tertiary/aromatic N) is 2. The van der Waals surface area contributed by atoms with Crippen LogP contribution < -0.4 is 0 Å². The maximum absolute atomic E-state index is 13.9. The highest BCUT2D eigenvalue weighted by molar-refractivity contribution is 9.10. The zero-order valence-corrected chi connectivity index (χ0v) is 17.7. The van der Waals surface area contributed by atoms with E-state index in [1.54, 1.807) is 0 Å². The van der Waals surface area contributed by atoms with Gasteiger partial charge >= 0.3 is 0 Å². The molecule has 3 rings (SSSR count). The fraction of sp³-hybridized carbons (Fsp3) is 0.235. The number of hydrogen-bond acceptors (Lipinski definition) is 3. The van der Waals surface area contributed by atoms with Crippen LogP contribution in [0, 0.1) is 5.82 Å². The predicted molar refractivity (Wildman–Crippen MR) is 105 cm³/mol. The van der Waals surface area contributed by atoms with Crippen molar-refractivity contribution in [3.8, 4) is 0 Å². The van der Waals surface area contributed by atoms with Crippen LogP contribution in [0.2, 0.25) is 10.0 Å². The van der Waals surface area contributed by atoms with Crippen molar-refractivity contribution >= 4 is 55.1 Å². The normalized spacial score (nSPS) is 15.8. The molecule has 1 saturated heterocycles. The van der Waals surface area contributed by atoms with Crippen LogP contribution >= 0.6 is 39.1 Å². The molecule has 0 aliphatic carbocycles. The molecule has 0 spiro atoms. The van der Waals surface area contributed by atoms with Gasteiger partial charge in [-0.15, -0.1) is 0 Å². The number of rotatable bonds is 3. The Balaban J connectivity index is 1.76. The number of halogens is 4. The highest BCUT2D eigenvalue weighted by Gasteiger charge is 2.32. The number of benzene rings is 2. The average molecular weight is 496 g/mol. The van der Waals surface area contributed by atoms with E-state index < -0.39 is 21.7 Å². The van der Waals surface area contributed by atoms with E-state index in [1.165, 1.54) is 45.6 Å². The van der Waals surface area contributed by atoms with E-state index in [0.717, 1.165) is 0 Å². The lowest BCUT2D eigenvalue weighted by molar-refractivity contribution is 0.0693. The summed E-state index contributed by atoms with van der Waals surface area (Å²) in [5.41, 5.74) is -0.0569. The maximum atomic E-state index is 13.9. The van der Waals surface area contributed by atoms with E-state index in [2.05, 4.69) is 15.9 Å². The molecule has 0 unspecified atom stereocenters. The molecule has 10 heteroatoms. The molecule has 1 heterocycles. The SMILES string of the molecule is O=C(c1cc(Br)ccc1F)N1CCN(S(=O)(=O)c2cc(Cl)ccc2Cl)CC1. The standard InChI is InChI=1S/C17H14BrCl2FN2O3S/c18-11-1-4-15(21)13(9-11)17(24)22-5-7-23(8-6-22)27(25,26)16-10-12(19)2-3-14(16)20/h1-4,9-10H,5-8H2. The molecule has 0 bridgehead atoms. The second-order valence-electron chi connectivity index (χ2n) is 5.90. The zero-order chi connectivity index (χ0) is 19.8. The van der Waals surface area contributed by atoms with Crippen molar-refractivity contribution < 1.29 is 17.6 Å². The fourth-order valence-electron chi connectivity index (χ4n) is 2.78. The maximum Gasteiger partial charge on any atom is 0.256 e.